The van der Waals surface area contributed by atoms with Crippen LogP contribution in [0.5, 0.6) is 0 Å². The van der Waals surface area contributed by atoms with Gasteiger partial charge < -0.3 is 30.3 Å². The summed E-state index contributed by atoms with van der Waals surface area (Å²) in [4.78, 5) is 18.9. The van der Waals surface area contributed by atoms with Crippen molar-refractivity contribution in [2.45, 2.75) is 45.6 Å². The summed E-state index contributed by atoms with van der Waals surface area (Å²) in [6, 6.07) is 7.89. The Bertz CT molecular complexity index is 715. The molecule has 3 rings (SSSR count). The summed E-state index contributed by atoms with van der Waals surface area (Å²) in [5, 5.41) is 9.66. The molecule has 0 unspecified atom stereocenters. The molecule has 2 heterocycles. The van der Waals surface area contributed by atoms with E-state index in [0.29, 0.717) is 12.5 Å². The minimum atomic E-state index is -0.0165. The van der Waals surface area contributed by atoms with Crippen molar-refractivity contribution in [2.75, 3.05) is 57.9 Å². The number of likely N-dealkylation sites (tertiary alicyclic amines) is 1. The quantitative estimate of drug-likeness (QED) is 0.292. The number of rotatable bonds is 10. The van der Waals surface area contributed by atoms with Gasteiger partial charge in [-0.3, -0.25) is 0 Å². The zero-order valence-corrected chi connectivity index (χ0v) is 19.4. The van der Waals surface area contributed by atoms with Gasteiger partial charge in [-0.25, -0.2) is 9.79 Å². The van der Waals surface area contributed by atoms with E-state index in [-0.39, 0.29) is 6.03 Å². The van der Waals surface area contributed by atoms with Crippen molar-refractivity contribution < 1.29 is 14.3 Å². The lowest BCUT2D eigenvalue weighted by Crippen LogP contribution is -2.38. The lowest BCUT2D eigenvalue weighted by atomic mass is 10.0. The second-order valence-corrected chi connectivity index (χ2v) is 8.43. The number of carbonyl (C=O) groups is 1. The number of carbonyl (C=O) groups excluding carboxylic acids is 1. The Balaban J connectivity index is 1.38. The molecule has 178 valence electrons. The summed E-state index contributed by atoms with van der Waals surface area (Å²) in [7, 11) is 0. The van der Waals surface area contributed by atoms with E-state index >= 15 is 0 Å². The third-order valence-electron chi connectivity index (χ3n) is 5.79. The van der Waals surface area contributed by atoms with Crippen LogP contribution in [0.25, 0.3) is 0 Å². The molecule has 1 aromatic rings. The molecule has 2 aliphatic rings. The number of benzene rings is 1. The highest BCUT2D eigenvalue weighted by molar-refractivity contribution is 5.89. The minimum Gasteiger partial charge on any atom is -0.381 e. The number of nitrogens with zero attached hydrogens (tertiary/aromatic N) is 2. The summed E-state index contributed by atoms with van der Waals surface area (Å²) >= 11 is 0. The number of urea groups is 1. The van der Waals surface area contributed by atoms with Gasteiger partial charge in [0.1, 0.15) is 0 Å². The average molecular weight is 446 g/mol. The van der Waals surface area contributed by atoms with Crippen LogP contribution >= 0.6 is 0 Å². The molecule has 2 saturated heterocycles. The zero-order valence-electron chi connectivity index (χ0n) is 19.4. The lowest BCUT2D eigenvalue weighted by molar-refractivity contribution is 0.0203. The van der Waals surface area contributed by atoms with E-state index in [4.69, 9.17) is 9.47 Å². The first-order valence-electron chi connectivity index (χ1n) is 12.1. The summed E-state index contributed by atoms with van der Waals surface area (Å²) < 4.78 is 11.2. The molecule has 2 fully saturated rings. The fourth-order valence-corrected chi connectivity index (χ4v) is 3.93. The maximum atomic E-state index is 12.3. The maximum absolute atomic E-state index is 12.3. The molecule has 0 radical (unpaired) electrons. The summed E-state index contributed by atoms with van der Waals surface area (Å²) in [5.41, 5.74) is 1.87. The molecule has 0 saturated carbocycles. The van der Waals surface area contributed by atoms with Gasteiger partial charge in [-0.2, -0.15) is 0 Å². The predicted octanol–water partition coefficient (Wildman–Crippen LogP) is 3.20. The number of hydrogen-bond donors (Lipinski definition) is 3. The molecule has 0 atom stereocenters. The fraction of sp³-hybridized carbons (Fsp3) is 0.667. The van der Waals surface area contributed by atoms with Crippen molar-refractivity contribution in [1.29, 1.82) is 0 Å². The van der Waals surface area contributed by atoms with Gasteiger partial charge in [-0.1, -0.05) is 12.1 Å². The van der Waals surface area contributed by atoms with Gasteiger partial charge in [0.15, 0.2) is 5.96 Å². The van der Waals surface area contributed by atoms with Crippen LogP contribution in [-0.4, -0.2) is 69.5 Å². The average Bonchev–Trinajstić information content (AvgIpc) is 3.36. The molecule has 0 aromatic heterocycles. The Hall–Kier alpha value is -2.32. The summed E-state index contributed by atoms with van der Waals surface area (Å²) in [6.07, 6.45) is 5.33. The Morgan fingerprint density at radius 3 is 2.81 bits per heavy atom. The second-order valence-electron chi connectivity index (χ2n) is 8.43. The Kier molecular flexibility index (Phi) is 10.6. The first kappa shape index (κ1) is 24.3. The van der Waals surface area contributed by atoms with E-state index in [9.17, 15) is 4.79 Å². The second kappa shape index (κ2) is 14.0. The topological polar surface area (TPSA) is 87.2 Å². The van der Waals surface area contributed by atoms with Crippen LogP contribution in [0.3, 0.4) is 0 Å². The predicted molar refractivity (Wildman–Crippen MR) is 128 cm³/mol. The third kappa shape index (κ3) is 8.67. The molecule has 3 N–H and O–H groups in total. The number of ether oxygens (including phenoxy) is 2. The van der Waals surface area contributed by atoms with Crippen molar-refractivity contribution in [3.63, 3.8) is 0 Å². The van der Waals surface area contributed by atoms with Crippen LogP contribution in [-0.2, 0) is 16.0 Å². The van der Waals surface area contributed by atoms with Gasteiger partial charge in [-0.15, -0.1) is 0 Å². The van der Waals surface area contributed by atoms with E-state index < -0.39 is 0 Å². The lowest BCUT2D eigenvalue weighted by Gasteiger charge is -2.21. The summed E-state index contributed by atoms with van der Waals surface area (Å²) in [6.45, 7) is 9.22. The Morgan fingerprint density at radius 1 is 1.22 bits per heavy atom. The largest absolute Gasteiger partial charge is 0.381 e. The Labute approximate surface area is 192 Å². The highest BCUT2D eigenvalue weighted by Gasteiger charge is 2.17. The standard InChI is InChI=1S/C24H39N5O3/c1-2-25-23(26-11-6-14-32-19-20-9-15-31-16-10-20)27-18-21-7-5-8-22(17-21)28-24(30)29-12-3-4-13-29/h5,7-8,17,20H,2-4,6,9-16,18-19H2,1H3,(H,28,30)(H2,25,26,27). The first-order valence-corrected chi connectivity index (χ1v) is 12.1. The van der Waals surface area contributed by atoms with E-state index in [1.165, 1.54) is 0 Å². The SMILES string of the molecule is CCNC(=NCc1cccc(NC(=O)N2CCCC2)c1)NCCCOCC1CCOCC1. The number of hydrogen-bond acceptors (Lipinski definition) is 4. The number of anilines is 1. The van der Waals surface area contributed by atoms with Crippen molar-refractivity contribution >= 4 is 17.7 Å². The smallest absolute Gasteiger partial charge is 0.321 e. The number of guanidine groups is 1. The van der Waals surface area contributed by atoms with Gasteiger partial charge in [0, 0.05) is 58.3 Å². The van der Waals surface area contributed by atoms with Gasteiger partial charge in [-0.05, 0) is 62.6 Å². The van der Waals surface area contributed by atoms with Crippen LogP contribution in [0.1, 0.15) is 44.6 Å². The van der Waals surface area contributed by atoms with E-state index in [1.807, 2.05) is 29.2 Å². The highest BCUT2D eigenvalue weighted by atomic mass is 16.5. The summed E-state index contributed by atoms with van der Waals surface area (Å²) in [5.74, 6) is 1.44. The number of amides is 2. The first-order chi connectivity index (χ1) is 15.7. The molecule has 2 amide bonds. The van der Waals surface area contributed by atoms with E-state index in [1.54, 1.807) is 0 Å². The number of aliphatic imine (C=N–C) groups is 1. The normalized spacial score (nSPS) is 17.4. The molecular formula is C24H39N5O3. The number of nitrogens with one attached hydrogen (secondary N) is 3. The Morgan fingerprint density at radius 2 is 2.03 bits per heavy atom. The third-order valence-corrected chi connectivity index (χ3v) is 5.79. The van der Waals surface area contributed by atoms with E-state index in [2.05, 4.69) is 27.9 Å². The molecule has 2 aliphatic heterocycles. The molecule has 0 bridgehead atoms. The fourth-order valence-electron chi connectivity index (χ4n) is 3.93. The molecule has 0 aliphatic carbocycles. The molecule has 8 heteroatoms. The maximum Gasteiger partial charge on any atom is 0.321 e. The van der Waals surface area contributed by atoms with E-state index in [0.717, 1.165) is 102 Å². The van der Waals surface area contributed by atoms with Crippen molar-refractivity contribution in [3.05, 3.63) is 29.8 Å². The molecule has 32 heavy (non-hydrogen) atoms. The molecule has 0 spiro atoms. The molecular weight excluding hydrogens is 406 g/mol. The molecule has 8 nitrogen and oxygen atoms in total. The van der Waals surface area contributed by atoms with Gasteiger partial charge in [0.25, 0.3) is 0 Å². The van der Waals surface area contributed by atoms with Gasteiger partial charge in [0.2, 0.25) is 0 Å². The highest BCUT2D eigenvalue weighted by Crippen LogP contribution is 2.15. The van der Waals surface area contributed by atoms with Crippen LogP contribution in [0.4, 0.5) is 10.5 Å². The van der Waals surface area contributed by atoms with Crippen LogP contribution in [0, 0.1) is 5.92 Å². The van der Waals surface area contributed by atoms with Crippen LogP contribution < -0.4 is 16.0 Å². The molecule has 1 aromatic carbocycles. The van der Waals surface area contributed by atoms with Crippen LogP contribution in [0.15, 0.2) is 29.3 Å². The van der Waals surface area contributed by atoms with Crippen molar-refractivity contribution in [3.8, 4) is 0 Å². The zero-order chi connectivity index (χ0) is 22.4. The minimum absolute atomic E-state index is 0.0165. The monoisotopic (exact) mass is 445 g/mol. The van der Waals surface area contributed by atoms with Gasteiger partial charge in [0.05, 0.1) is 6.54 Å². The van der Waals surface area contributed by atoms with Gasteiger partial charge >= 0.3 is 6.03 Å². The van der Waals surface area contributed by atoms with Crippen molar-refractivity contribution in [2.24, 2.45) is 10.9 Å². The van der Waals surface area contributed by atoms with Crippen LogP contribution in [0.2, 0.25) is 0 Å². The van der Waals surface area contributed by atoms with Crippen molar-refractivity contribution in [1.82, 2.24) is 15.5 Å².